The van der Waals surface area contributed by atoms with Crippen molar-refractivity contribution in [1.82, 2.24) is 0 Å². The smallest absolute Gasteiger partial charge is 0.316 e. The van der Waals surface area contributed by atoms with E-state index in [-0.39, 0.29) is 0 Å². The van der Waals surface area contributed by atoms with E-state index in [1.165, 1.54) is 0 Å². The molecule has 0 saturated carbocycles. The Labute approximate surface area is 118 Å². The standard InChI is InChI=1S/C8H26O5Si5/c1-7-8-18(6)12-16(4)10-14(2)9-15(3)11-17(5)13-18/h14-17H,7-8H2,1-6H3. The average Bonchev–Trinajstić information content (AvgIpc) is 2.13. The normalized spacial score (nSPS) is 43.7. The Morgan fingerprint density at radius 2 is 1.17 bits per heavy atom. The Morgan fingerprint density at radius 3 is 1.56 bits per heavy atom. The summed E-state index contributed by atoms with van der Waals surface area (Å²) in [5, 5.41) is 0. The second-order valence-electron chi connectivity index (χ2n) is 4.80. The largest absolute Gasteiger partial charge is 0.420 e. The van der Waals surface area contributed by atoms with Crippen LogP contribution in [0.3, 0.4) is 0 Å². The van der Waals surface area contributed by atoms with E-state index in [2.05, 4.69) is 39.7 Å². The minimum Gasteiger partial charge on any atom is -0.420 e. The van der Waals surface area contributed by atoms with Gasteiger partial charge in [-0.05, 0) is 38.8 Å². The van der Waals surface area contributed by atoms with Crippen LogP contribution in [0.4, 0.5) is 0 Å². The van der Waals surface area contributed by atoms with Crippen LogP contribution < -0.4 is 0 Å². The second kappa shape index (κ2) is 7.61. The van der Waals surface area contributed by atoms with Gasteiger partial charge in [0.1, 0.15) is 0 Å². The minimum atomic E-state index is -2.10. The van der Waals surface area contributed by atoms with Gasteiger partial charge in [-0.15, -0.1) is 0 Å². The molecule has 0 N–H and O–H groups in total. The van der Waals surface area contributed by atoms with Crippen LogP contribution in [0, 0.1) is 0 Å². The molecule has 0 amide bonds. The first-order chi connectivity index (χ1) is 8.34. The van der Waals surface area contributed by atoms with Gasteiger partial charge in [0.25, 0.3) is 37.1 Å². The van der Waals surface area contributed by atoms with Gasteiger partial charge in [-0.2, -0.15) is 0 Å². The highest BCUT2D eigenvalue weighted by molar-refractivity contribution is 6.80. The molecule has 1 heterocycles. The zero-order valence-corrected chi connectivity index (χ0v) is 17.9. The fraction of sp³-hybridized carbons (Fsp3) is 1.00. The Morgan fingerprint density at radius 1 is 0.778 bits per heavy atom. The summed E-state index contributed by atoms with van der Waals surface area (Å²) in [7, 11) is -8.50. The molecule has 0 bridgehead atoms. The van der Waals surface area contributed by atoms with Gasteiger partial charge < -0.3 is 20.6 Å². The van der Waals surface area contributed by atoms with Crippen molar-refractivity contribution < 1.29 is 20.6 Å². The second-order valence-corrected chi connectivity index (χ2v) is 17.3. The summed E-state index contributed by atoms with van der Waals surface area (Å²) in [4.78, 5) is 0. The first-order valence-corrected chi connectivity index (χ1v) is 17.6. The van der Waals surface area contributed by atoms with E-state index in [0.29, 0.717) is 0 Å². The molecule has 1 rings (SSSR count). The van der Waals surface area contributed by atoms with Crippen LogP contribution in [0.2, 0.25) is 38.8 Å². The SMILES string of the molecule is CCC[Si]1(C)O[SiH](C)O[SiH](C)O[SiH](C)O[SiH](C)O1. The van der Waals surface area contributed by atoms with Crippen molar-refractivity contribution in [2.45, 2.75) is 52.1 Å². The maximum absolute atomic E-state index is 6.19. The molecule has 4 unspecified atom stereocenters. The Hall–Kier alpha value is 0.884. The maximum Gasteiger partial charge on any atom is 0.316 e. The van der Waals surface area contributed by atoms with Crippen molar-refractivity contribution in [3.8, 4) is 0 Å². The fourth-order valence-electron chi connectivity index (χ4n) is 2.23. The number of hydrogen-bond acceptors (Lipinski definition) is 5. The lowest BCUT2D eigenvalue weighted by atomic mass is 10.6. The Balaban J connectivity index is 2.75. The van der Waals surface area contributed by atoms with Crippen molar-refractivity contribution >= 4 is 45.7 Å². The molecule has 0 aromatic carbocycles. The van der Waals surface area contributed by atoms with Gasteiger partial charge in [-0.1, -0.05) is 13.3 Å². The summed E-state index contributed by atoms with van der Waals surface area (Å²) >= 11 is 0. The monoisotopic (exact) mass is 342 g/mol. The van der Waals surface area contributed by atoms with E-state index >= 15 is 0 Å². The van der Waals surface area contributed by atoms with E-state index in [1.54, 1.807) is 0 Å². The van der Waals surface area contributed by atoms with Crippen LogP contribution in [0.1, 0.15) is 13.3 Å². The van der Waals surface area contributed by atoms with Crippen molar-refractivity contribution in [2.24, 2.45) is 0 Å². The quantitative estimate of drug-likeness (QED) is 0.700. The molecular formula is C8H26O5Si5. The number of rotatable bonds is 2. The van der Waals surface area contributed by atoms with E-state index in [9.17, 15) is 0 Å². The third kappa shape index (κ3) is 5.89. The zero-order chi connectivity index (χ0) is 13.8. The average molecular weight is 343 g/mol. The summed E-state index contributed by atoms with van der Waals surface area (Å²) in [5.74, 6) is 0. The topological polar surface area (TPSA) is 46.2 Å². The molecule has 0 aromatic rings. The summed E-state index contributed by atoms with van der Waals surface area (Å²) in [6.45, 7) is 12.6. The fourth-order valence-corrected chi connectivity index (χ4v) is 20.0. The van der Waals surface area contributed by atoms with Crippen LogP contribution in [-0.4, -0.2) is 45.7 Å². The third-order valence-corrected chi connectivity index (χ3v) is 19.9. The Kier molecular flexibility index (Phi) is 7.16. The summed E-state index contributed by atoms with van der Waals surface area (Å²) in [6, 6.07) is 1.02. The van der Waals surface area contributed by atoms with Crippen LogP contribution in [0.5, 0.6) is 0 Å². The van der Waals surface area contributed by atoms with Gasteiger partial charge in [0.2, 0.25) is 0 Å². The molecule has 108 valence electrons. The van der Waals surface area contributed by atoms with Crippen molar-refractivity contribution in [2.75, 3.05) is 0 Å². The van der Waals surface area contributed by atoms with Crippen LogP contribution in [0.15, 0.2) is 0 Å². The number of hydrogen-bond donors (Lipinski definition) is 0. The highest BCUT2D eigenvalue weighted by atomic mass is 28.5. The molecule has 1 aliphatic rings. The van der Waals surface area contributed by atoms with Gasteiger partial charge in [0.05, 0.1) is 0 Å². The first-order valence-electron chi connectivity index (χ1n) is 6.66. The predicted molar refractivity (Wildman–Crippen MR) is 84.2 cm³/mol. The summed E-state index contributed by atoms with van der Waals surface area (Å²) in [6.07, 6.45) is 1.08. The molecule has 1 fully saturated rings. The lowest BCUT2D eigenvalue weighted by molar-refractivity contribution is 0.278. The van der Waals surface area contributed by atoms with Crippen molar-refractivity contribution in [3.63, 3.8) is 0 Å². The van der Waals surface area contributed by atoms with Gasteiger partial charge in [0, 0.05) is 0 Å². The molecule has 0 aliphatic carbocycles. The van der Waals surface area contributed by atoms with Gasteiger partial charge in [-0.25, -0.2) is 0 Å². The molecule has 18 heavy (non-hydrogen) atoms. The third-order valence-electron chi connectivity index (χ3n) is 2.68. The minimum absolute atomic E-state index is 1.02. The maximum atomic E-state index is 6.19. The molecule has 0 radical (unpaired) electrons. The van der Waals surface area contributed by atoms with Crippen LogP contribution in [0.25, 0.3) is 0 Å². The Bertz CT molecular complexity index is 240. The first kappa shape index (κ1) is 16.9. The molecule has 10 heteroatoms. The molecule has 4 atom stereocenters. The van der Waals surface area contributed by atoms with Gasteiger partial charge in [-0.3, -0.25) is 0 Å². The molecular weight excluding hydrogens is 317 g/mol. The van der Waals surface area contributed by atoms with E-state index in [1.807, 2.05) is 0 Å². The lowest BCUT2D eigenvalue weighted by Gasteiger charge is -2.36. The highest BCUT2D eigenvalue weighted by Crippen LogP contribution is 2.20. The predicted octanol–water partition coefficient (Wildman–Crippen LogP) is 0.966. The van der Waals surface area contributed by atoms with E-state index in [4.69, 9.17) is 20.6 Å². The van der Waals surface area contributed by atoms with Crippen molar-refractivity contribution in [3.05, 3.63) is 0 Å². The van der Waals surface area contributed by atoms with Crippen molar-refractivity contribution in [1.29, 1.82) is 0 Å². The van der Waals surface area contributed by atoms with Crippen LogP contribution >= 0.6 is 0 Å². The molecule has 1 saturated heterocycles. The summed E-state index contributed by atoms with van der Waals surface area (Å²) < 4.78 is 30.1. The highest BCUT2D eigenvalue weighted by Gasteiger charge is 2.37. The molecule has 0 aromatic heterocycles. The van der Waals surface area contributed by atoms with Gasteiger partial charge >= 0.3 is 8.56 Å². The molecule has 0 spiro atoms. The van der Waals surface area contributed by atoms with Gasteiger partial charge in [0.15, 0.2) is 0 Å². The van der Waals surface area contributed by atoms with E-state index < -0.39 is 45.7 Å². The molecule has 5 nitrogen and oxygen atoms in total. The van der Waals surface area contributed by atoms with E-state index in [0.717, 1.165) is 12.5 Å². The summed E-state index contributed by atoms with van der Waals surface area (Å²) in [5.41, 5.74) is 0. The molecule has 1 aliphatic heterocycles. The van der Waals surface area contributed by atoms with Crippen LogP contribution in [-0.2, 0) is 20.6 Å². The zero-order valence-electron chi connectivity index (χ0n) is 12.3. The lowest BCUT2D eigenvalue weighted by Crippen LogP contribution is -2.51.